The van der Waals surface area contributed by atoms with Gasteiger partial charge in [0.1, 0.15) is 7.11 Å². The summed E-state index contributed by atoms with van der Waals surface area (Å²) in [5.74, 6) is -0.0441. The Kier molecular flexibility index (Phi) is 3.84. The van der Waals surface area contributed by atoms with Crippen molar-refractivity contribution in [2.45, 2.75) is 41.5 Å². The van der Waals surface area contributed by atoms with Crippen LogP contribution in [0.2, 0.25) is 0 Å². The zero-order chi connectivity index (χ0) is 14.1. The zero-order valence-electron chi connectivity index (χ0n) is 12.4. The lowest BCUT2D eigenvalue weighted by Gasteiger charge is -2.29. The molecule has 18 heavy (non-hydrogen) atoms. The lowest BCUT2D eigenvalue weighted by Crippen LogP contribution is -2.29. The van der Waals surface area contributed by atoms with E-state index in [4.69, 9.17) is 4.84 Å². The molecule has 0 unspecified atom stereocenters. The summed E-state index contributed by atoms with van der Waals surface area (Å²) in [6.45, 7) is 12.5. The second-order valence-corrected chi connectivity index (χ2v) is 6.65. The number of carbonyl (C=O) groups excluding carboxylic acids is 1. The molecule has 3 heteroatoms. The van der Waals surface area contributed by atoms with E-state index in [2.05, 4.69) is 25.9 Å². The van der Waals surface area contributed by atoms with Gasteiger partial charge in [-0.2, -0.15) is 0 Å². The molecule has 0 bridgehead atoms. The van der Waals surface area contributed by atoms with Crippen LogP contribution in [0.1, 0.15) is 41.5 Å². The largest absolute Gasteiger partial charge is 0.399 e. The molecular formula is C15H23NO2. The summed E-state index contributed by atoms with van der Waals surface area (Å²) < 4.78 is 0. The van der Waals surface area contributed by atoms with E-state index in [-0.39, 0.29) is 16.6 Å². The average molecular weight is 249 g/mol. The number of carbonyl (C=O) groups is 1. The smallest absolute Gasteiger partial charge is 0.211 e. The normalized spacial score (nSPS) is 19.7. The highest BCUT2D eigenvalue weighted by Crippen LogP contribution is 2.36. The van der Waals surface area contributed by atoms with Crippen LogP contribution in [0.3, 0.4) is 0 Å². The van der Waals surface area contributed by atoms with E-state index >= 15 is 0 Å². The molecular weight excluding hydrogens is 226 g/mol. The summed E-state index contributed by atoms with van der Waals surface area (Å²) in [5.41, 5.74) is 2.05. The minimum absolute atomic E-state index is 0.0221. The van der Waals surface area contributed by atoms with Gasteiger partial charge in [-0.05, 0) is 22.5 Å². The quantitative estimate of drug-likeness (QED) is 0.527. The van der Waals surface area contributed by atoms with Gasteiger partial charge in [0, 0.05) is 5.57 Å². The van der Waals surface area contributed by atoms with Gasteiger partial charge in [-0.25, -0.2) is 0 Å². The molecule has 0 saturated heterocycles. The number of nitrogens with zero attached hydrogens (tertiary/aromatic N) is 1. The molecule has 0 aromatic carbocycles. The summed E-state index contributed by atoms with van der Waals surface area (Å²) in [5, 5.41) is 3.84. The number of rotatable bonds is 1. The molecule has 0 saturated carbocycles. The summed E-state index contributed by atoms with van der Waals surface area (Å²) in [7, 11) is 1.46. The van der Waals surface area contributed by atoms with Crippen LogP contribution in [0, 0.1) is 10.8 Å². The first-order chi connectivity index (χ1) is 8.07. The Hall–Kier alpha value is -1.38. The van der Waals surface area contributed by atoms with Crippen molar-refractivity contribution in [1.29, 1.82) is 0 Å². The molecule has 0 radical (unpaired) electrons. The van der Waals surface area contributed by atoms with Crippen molar-refractivity contribution in [2.24, 2.45) is 16.0 Å². The van der Waals surface area contributed by atoms with Crippen LogP contribution in [0.25, 0.3) is 0 Å². The fourth-order valence-electron chi connectivity index (χ4n) is 1.77. The molecule has 0 aliphatic heterocycles. The number of Topliss-reactive ketones (excluding diaryl/α,β-unsaturated/α-hetero) is 1. The second-order valence-electron chi connectivity index (χ2n) is 6.65. The van der Waals surface area contributed by atoms with Crippen LogP contribution in [-0.2, 0) is 9.63 Å². The van der Waals surface area contributed by atoms with Crippen molar-refractivity contribution in [3.8, 4) is 0 Å². The maximum Gasteiger partial charge on any atom is 0.211 e. The highest BCUT2D eigenvalue weighted by molar-refractivity contribution is 6.50. The van der Waals surface area contributed by atoms with E-state index in [9.17, 15) is 4.79 Å². The van der Waals surface area contributed by atoms with Crippen LogP contribution in [0.5, 0.6) is 0 Å². The molecule has 3 nitrogen and oxygen atoms in total. The monoisotopic (exact) mass is 249 g/mol. The van der Waals surface area contributed by atoms with Crippen molar-refractivity contribution < 1.29 is 9.63 Å². The van der Waals surface area contributed by atoms with E-state index in [1.165, 1.54) is 7.11 Å². The molecule has 1 rings (SSSR count). The van der Waals surface area contributed by atoms with Gasteiger partial charge in [0.25, 0.3) is 0 Å². The van der Waals surface area contributed by atoms with E-state index < -0.39 is 0 Å². The highest BCUT2D eigenvalue weighted by atomic mass is 16.6. The molecule has 0 amide bonds. The van der Waals surface area contributed by atoms with Crippen LogP contribution in [-0.4, -0.2) is 18.6 Å². The fourth-order valence-corrected chi connectivity index (χ4v) is 1.77. The molecule has 0 aromatic rings. The van der Waals surface area contributed by atoms with Gasteiger partial charge in [0.2, 0.25) is 5.78 Å². The maximum atomic E-state index is 12.3. The van der Waals surface area contributed by atoms with Gasteiger partial charge in [0.05, 0.1) is 0 Å². The molecule has 1 aliphatic rings. The van der Waals surface area contributed by atoms with Crippen molar-refractivity contribution >= 4 is 11.5 Å². The van der Waals surface area contributed by atoms with Crippen LogP contribution < -0.4 is 0 Å². The number of oxime groups is 1. The standard InChI is InChI=1S/C15H23NO2/c1-14(2,3)10-8-11(15(4,5)6)13(17)12(9-10)16-18-7/h8-9H,1-7H3/b16-12-. The minimum atomic E-state index is -0.198. The molecule has 0 N–H and O–H groups in total. The predicted octanol–water partition coefficient (Wildman–Crippen LogP) is 3.52. The fraction of sp³-hybridized carbons (Fsp3) is 0.600. The van der Waals surface area contributed by atoms with Crippen LogP contribution in [0.15, 0.2) is 28.5 Å². The third-order valence-corrected chi connectivity index (χ3v) is 2.93. The SMILES string of the molecule is CO/N=C1/C=C(C(C)(C)C)C=C(C(C)(C)C)C1=O. The maximum absolute atomic E-state index is 12.3. The van der Waals surface area contributed by atoms with Crippen molar-refractivity contribution in [2.75, 3.05) is 7.11 Å². The summed E-state index contributed by atoms with van der Waals surface area (Å²) in [4.78, 5) is 17.1. The van der Waals surface area contributed by atoms with Crippen LogP contribution in [0.4, 0.5) is 0 Å². The van der Waals surface area contributed by atoms with Gasteiger partial charge < -0.3 is 4.84 Å². The Labute approximate surface area is 110 Å². The Morgan fingerprint density at radius 3 is 1.94 bits per heavy atom. The van der Waals surface area contributed by atoms with Gasteiger partial charge in [-0.15, -0.1) is 0 Å². The predicted molar refractivity (Wildman–Crippen MR) is 74.5 cm³/mol. The third-order valence-electron chi connectivity index (χ3n) is 2.93. The molecule has 0 spiro atoms. The van der Waals surface area contributed by atoms with Crippen molar-refractivity contribution in [3.05, 3.63) is 23.3 Å². The van der Waals surface area contributed by atoms with Crippen molar-refractivity contribution in [1.82, 2.24) is 0 Å². The lowest BCUT2D eigenvalue weighted by molar-refractivity contribution is -0.110. The van der Waals surface area contributed by atoms with Crippen molar-refractivity contribution in [3.63, 3.8) is 0 Å². The molecule has 0 fully saturated rings. The Morgan fingerprint density at radius 2 is 1.56 bits per heavy atom. The summed E-state index contributed by atoms with van der Waals surface area (Å²) >= 11 is 0. The Morgan fingerprint density at radius 1 is 1.00 bits per heavy atom. The zero-order valence-corrected chi connectivity index (χ0v) is 12.4. The van der Waals surface area contributed by atoms with Crippen LogP contribution >= 0.6 is 0 Å². The van der Waals surface area contributed by atoms with Gasteiger partial charge >= 0.3 is 0 Å². The van der Waals surface area contributed by atoms with Gasteiger partial charge in [-0.3, -0.25) is 4.79 Å². The minimum Gasteiger partial charge on any atom is -0.399 e. The summed E-state index contributed by atoms with van der Waals surface area (Å²) in [6.07, 6.45) is 3.82. The topological polar surface area (TPSA) is 38.7 Å². The first-order valence-corrected chi connectivity index (χ1v) is 6.17. The summed E-state index contributed by atoms with van der Waals surface area (Å²) in [6, 6.07) is 0. The van der Waals surface area contributed by atoms with E-state index in [0.717, 1.165) is 11.1 Å². The average Bonchev–Trinajstić information content (AvgIpc) is 2.17. The first kappa shape index (κ1) is 14.7. The highest BCUT2D eigenvalue weighted by Gasteiger charge is 2.32. The Bertz CT molecular complexity index is 440. The molecule has 0 atom stereocenters. The number of hydrogen-bond donors (Lipinski definition) is 0. The number of hydrogen-bond acceptors (Lipinski definition) is 3. The molecule has 0 heterocycles. The molecule has 100 valence electrons. The third kappa shape index (κ3) is 3.09. The van der Waals surface area contributed by atoms with E-state index in [1.807, 2.05) is 32.9 Å². The number of allylic oxidation sites excluding steroid dienone is 4. The number of ketones is 1. The molecule has 1 aliphatic carbocycles. The second kappa shape index (κ2) is 4.71. The van der Waals surface area contributed by atoms with Gasteiger partial charge in [0.15, 0.2) is 5.71 Å². The first-order valence-electron chi connectivity index (χ1n) is 6.17. The van der Waals surface area contributed by atoms with E-state index in [1.54, 1.807) is 0 Å². The van der Waals surface area contributed by atoms with E-state index in [0.29, 0.717) is 5.71 Å². The Balaban J connectivity index is 3.37. The van der Waals surface area contributed by atoms with Gasteiger partial charge in [-0.1, -0.05) is 52.8 Å². The lowest BCUT2D eigenvalue weighted by atomic mass is 9.74. The molecule has 0 aromatic heterocycles.